The van der Waals surface area contributed by atoms with Gasteiger partial charge in [-0.1, -0.05) is 45.4 Å². The number of benzene rings is 1. The predicted octanol–water partition coefficient (Wildman–Crippen LogP) is 3.66. The van der Waals surface area contributed by atoms with E-state index in [1.54, 1.807) is 12.1 Å². The standard InChI is InChI=1S/C23H35N3O4S/c1-2-3-4-8-15-24-31(29,30)21-13-11-19(12-14-21)25-23(28)18-16-22(27)26(17-18)20-9-6-5-7-10-20/h11-14,18,20,24H,2-10,15-17H2,1H3,(H,25,28)/t18-/m0/s1. The molecule has 0 spiro atoms. The Bertz CT molecular complexity index is 848. The number of anilines is 1. The van der Waals surface area contributed by atoms with Crippen LogP contribution in [0.25, 0.3) is 0 Å². The van der Waals surface area contributed by atoms with E-state index in [9.17, 15) is 18.0 Å². The third-order valence-corrected chi connectivity index (χ3v) is 7.78. The lowest BCUT2D eigenvalue weighted by molar-refractivity contribution is -0.130. The molecular weight excluding hydrogens is 414 g/mol. The van der Waals surface area contributed by atoms with Crippen molar-refractivity contribution < 1.29 is 18.0 Å². The molecule has 3 rings (SSSR count). The molecule has 1 aliphatic carbocycles. The lowest BCUT2D eigenvalue weighted by Gasteiger charge is -2.31. The number of hydrogen-bond acceptors (Lipinski definition) is 4. The fourth-order valence-corrected chi connectivity index (χ4v) is 5.53. The molecule has 0 bridgehead atoms. The van der Waals surface area contributed by atoms with Crippen LogP contribution < -0.4 is 10.0 Å². The minimum atomic E-state index is -3.55. The van der Waals surface area contributed by atoms with Gasteiger partial charge in [0, 0.05) is 31.2 Å². The predicted molar refractivity (Wildman–Crippen MR) is 121 cm³/mol. The smallest absolute Gasteiger partial charge is 0.240 e. The first kappa shape index (κ1) is 23.7. The number of rotatable bonds is 10. The van der Waals surface area contributed by atoms with Crippen molar-refractivity contribution in [2.45, 2.75) is 82.1 Å². The second-order valence-electron chi connectivity index (χ2n) is 8.71. The lowest BCUT2D eigenvalue weighted by Crippen LogP contribution is -2.38. The second kappa shape index (κ2) is 11.1. The van der Waals surface area contributed by atoms with E-state index >= 15 is 0 Å². The summed E-state index contributed by atoms with van der Waals surface area (Å²) < 4.78 is 27.4. The van der Waals surface area contributed by atoms with Crippen molar-refractivity contribution in [1.29, 1.82) is 0 Å². The summed E-state index contributed by atoms with van der Waals surface area (Å²) >= 11 is 0. The summed E-state index contributed by atoms with van der Waals surface area (Å²) in [5, 5.41) is 2.84. The van der Waals surface area contributed by atoms with Gasteiger partial charge >= 0.3 is 0 Å². The first-order chi connectivity index (χ1) is 14.9. The van der Waals surface area contributed by atoms with E-state index in [1.165, 1.54) is 18.6 Å². The van der Waals surface area contributed by atoms with Gasteiger partial charge in [0.1, 0.15) is 0 Å². The van der Waals surface area contributed by atoms with Gasteiger partial charge in [0.15, 0.2) is 0 Å². The summed E-state index contributed by atoms with van der Waals surface area (Å²) in [5.74, 6) is -0.475. The highest BCUT2D eigenvalue weighted by atomic mass is 32.2. The molecule has 0 radical (unpaired) electrons. The van der Waals surface area contributed by atoms with Gasteiger partial charge in [-0.15, -0.1) is 0 Å². The number of carbonyl (C=O) groups excluding carboxylic acids is 2. The Morgan fingerprint density at radius 1 is 1.06 bits per heavy atom. The van der Waals surface area contributed by atoms with E-state index in [4.69, 9.17) is 0 Å². The Morgan fingerprint density at radius 3 is 2.45 bits per heavy atom. The van der Waals surface area contributed by atoms with E-state index < -0.39 is 10.0 Å². The third-order valence-electron chi connectivity index (χ3n) is 6.30. The molecule has 1 aromatic rings. The Hall–Kier alpha value is -1.93. The van der Waals surface area contributed by atoms with Crippen LogP contribution in [0.1, 0.15) is 71.1 Å². The van der Waals surface area contributed by atoms with Crippen LogP contribution in [-0.4, -0.2) is 44.3 Å². The second-order valence-corrected chi connectivity index (χ2v) is 10.5. The molecule has 1 heterocycles. The molecule has 1 aliphatic heterocycles. The zero-order chi connectivity index (χ0) is 22.3. The molecule has 7 nitrogen and oxygen atoms in total. The molecule has 2 aliphatic rings. The average Bonchev–Trinajstić information content (AvgIpc) is 3.16. The van der Waals surface area contributed by atoms with Gasteiger partial charge in [-0.05, 0) is 43.5 Å². The highest BCUT2D eigenvalue weighted by Crippen LogP contribution is 2.29. The Labute approximate surface area is 186 Å². The average molecular weight is 450 g/mol. The summed E-state index contributed by atoms with van der Waals surface area (Å²) in [4.78, 5) is 27.2. The Kier molecular flexibility index (Phi) is 8.49. The summed E-state index contributed by atoms with van der Waals surface area (Å²) in [6.07, 6.45) is 9.85. The molecule has 2 amide bonds. The molecule has 172 valence electrons. The zero-order valence-electron chi connectivity index (χ0n) is 18.4. The molecule has 0 aromatic heterocycles. The van der Waals surface area contributed by atoms with E-state index in [0.717, 1.165) is 51.4 Å². The molecule has 1 aromatic carbocycles. The first-order valence-electron chi connectivity index (χ1n) is 11.6. The van der Waals surface area contributed by atoms with Crippen molar-refractivity contribution in [1.82, 2.24) is 9.62 Å². The third kappa shape index (κ3) is 6.53. The maximum absolute atomic E-state index is 12.7. The molecule has 1 saturated heterocycles. The van der Waals surface area contributed by atoms with E-state index in [1.807, 2.05) is 4.90 Å². The molecule has 0 unspecified atom stereocenters. The van der Waals surface area contributed by atoms with E-state index in [-0.39, 0.29) is 35.1 Å². The summed E-state index contributed by atoms with van der Waals surface area (Å²) in [6.45, 7) is 3.01. The topological polar surface area (TPSA) is 95.6 Å². The van der Waals surface area contributed by atoms with Gasteiger partial charge in [-0.3, -0.25) is 9.59 Å². The maximum atomic E-state index is 12.7. The number of amides is 2. The monoisotopic (exact) mass is 449 g/mol. The number of likely N-dealkylation sites (tertiary alicyclic amines) is 1. The van der Waals surface area contributed by atoms with Crippen molar-refractivity contribution in [3.63, 3.8) is 0 Å². The number of carbonyl (C=O) groups is 2. The summed E-state index contributed by atoms with van der Waals surface area (Å²) in [6, 6.07) is 6.47. The normalized spacial score (nSPS) is 20.2. The van der Waals surface area contributed by atoms with Crippen LogP contribution in [0.3, 0.4) is 0 Å². The minimum Gasteiger partial charge on any atom is -0.339 e. The van der Waals surface area contributed by atoms with Gasteiger partial charge < -0.3 is 10.2 Å². The fourth-order valence-electron chi connectivity index (χ4n) is 4.46. The molecular formula is C23H35N3O4S. The number of unbranched alkanes of at least 4 members (excludes halogenated alkanes) is 3. The quantitative estimate of drug-likeness (QED) is 0.533. The van der Waals surface area contributed by atoms with Gasteiger partial charge in [-0.2, -0.15) is 0 Å². The molecule has 1 atom stereocenters. The lowest BCUT2D eigenvalue weighted by atomic mass is 9.94. The Balaban J connectivity index is 1.51. The number of nitrogens with one attached hydrogen (secondary N) is 2. The van der Waals surface area contributed by atoms with Crippen LogP contribution in [0.2, 0.25) is 0 Å². The van der Waals surface area contributed by atoms with Gasteiger partial charge in [0.25, 0.3) is 0 Å². The van der Waals surface area contributed by atoms with E-state index in [2.05, 4.69) is 17.0 Å². The zero-order valence-corrected chi connectivity index (χ0v) is 19.3. The van der Waals surface area contributed by atoms with Crippen LogP contribution >= 0.6 is 0 Å². The molecule has 1 saturated carbocycles. The van der Waals surface area contributed by atoms with Gasteiger partial charge in [0.05, 0.1) is 10.8 Å². The summed E-state index contributed by atoms with van der Waals surface area (Å²) in [5.41, 5.74) is 0.537. The van der Waals surface area contributed by atoms with Crippen LogP contribution in [0.5, 0.6) is 0 Å². The number of nitrogens with zero attached hydrogens (tertiary/aromatic N) is 1. The molecule has 31 heavy (non-hydrogen) atoms. The van der Waals surface area contributed by atoms with Gasteiger partial charge in [0.2, 0.25) is 21.8 Å². The largest absolute Gasteiger partial charge is 0.339 e. The van der Waals surface area contributed by atoms with Crippen LogP contribution in [0, 0.1) is 5.92 Å². The number of sulfonamides is 1. The number of hydrogen-bond donors (Lipinski definition) is 2. The summed E-state index contributed by atoms with van der Waals surface area (Å²) in [7, 11) is -3.55. The van der Waals surface area contributed by atoms with Crippen LogP contribution in [0.4, 0.5) is 5.69 Å². The molecule has 2 fully saturated rings. The van der Waals surface area contributed by atoms with E-state index in [0.29, 0.717) is 18.8 Å². The highest BCUT2D eigenvalue weighted by molar-refractivity contribution is 7.89. The SMILES string of the molecule is CCCCCCNS(=O)(=O)c1ccc(NC(=O)[C@H]2CC(=O)N(C3CCCCC3)C2)cc1. The van der Waals surface area contributed by atoms with Crippen LogP contribution in [-0.2, 0) is 19.6 Å². The fraction of sp³-hybridized carbons (Fsp3) is 0.652. The van der Waals surface area contributed by atoms with Crippen molar-refractivity contribution in [2.24, 2.45) is 5.92 Å². The molecule has 8 heteroatoms. The van der Waals surface area contributed by atoms with Crippen molar-refractivity contribution in [3.05, 3.63) is 24.3 Å². The molecule has 2 N–H and O–H groups in total. The highest BCUT2D eigenvalue weighted by Gasteiger charge is 2.38. The maximum Gasteiger partial charge on any atom is 0.240 e. The van der Waals surface area contributed by atoms with Crippen LogP contribution in [0.15, 0.2) is 29.2 Å². The van der Waals surface area contributed by atoms with Crippen molar-refractivity contribution >= 4 is 27.5 Å². The van der Waals surface area contributed by atoms with Crippen molar-refractivity contribution in [2.75, 3.05) is 18.4 Å². The van der Waals surface area contributed by atoms with Gasteiger partial charge in [-0.25, -0.2) is 13.1 Å². The van der Waals surface area contributed by atoms with Crippen molar-refractivity contribution in [3.8, 4) is 0 Å². The minimum absolute atomic E-state index is 0.0681. The Morgan fingerprint density at radius 2 is 1.77 bits per heavy atom. The first-order valence-corrected chi connectivity index (χ1v) is 13.1.